The number of rotatable bonds is 4. The van der Waals surface area contributed by atoms with Crippen LogP contribution in [0.3, 0.4) is 0 Å². The van der Waals surface area contributed by atoms with Crippen molar-refractivity contribution in [2.45, 2.75) is 64.2 Å². The van der Waals surface area contributed by atoms with Crippen LogP contribution in [0.2, 0.25) is 0 Å². The first-order valence-corrected chi connectivity index (χ1v) is 7.72. The molecule has 1 fully saturated rings. The van der Waals surface area contributed by atoms with Gasteiger partial charge < -0.3 is 9.88 Å². The van der Waals surface area contributed by atoms with Crippen LogP contribution >= 0.6 is 0 Å². The Bertz CT molecular complexity index is 402. The highest BCUT2D eigenvalue weighted by Crippen LogP contribution is 2.26. The van der Waals surface area contributed by atoms with Gasteiger partial charge in [-0.1, -0.05) is 19.8 Å². The molecule has 5 heteroatoms. The van der Waals surface area contributed by atoms with Gasteiger partial charge in [0.25, 0.3) is 0 Å². The lowest BCUT2D eigenvalue weighted by Crippen LogP contribution is -2.53. The van der Waals surface area contributed by atoms with Crippen LogP contribution in [0.15, 0.2) is 6.33 Å². The van der Waals surface area contributed by atoms with E-state index in [1.807, 2.05) is 6.33 Å². The van der Waals surface area contributed by atoms with E-state index in [0.717, 1.165) is 32.0 Å². The first-order valence-electron chi connectivity index (χ1n) is 7.72. The molecule has 1 aromatic rings. The fourth-order valence-corrected chi connectivity index (χ4v) is 3.48. The van der Waals surface area contributed by atoms with E-state index < -0.39 is 0 Å². The van der Waals surface area contributed by atoms with Crippen LogP contribution in [-0.2, 0) is 13.1 Å². The molecule has 2 atom stereocenters. The van der Waals surface area contributed by atoms with Gasteiger partial charge in [0.2, 0.25) is 0 Å². The van der Waals surface area contributed by atoms with Crippen LogP contribution in [0.25, 0.3) is 0 Å². The third kappa shape index (κ3) is 2.82. The Morgan fingerprint density at radius 2 is 2.21 bits per heavy atom. The van der Waals surface area contributed by atoms with Crippen molar-refractivity contribution in [1.29, 1.82) is 0 Å². The number of aromatic nitrogens is 3. The van der Waals surface area contributed by atoms with Gasteiger partial charge in [0.15, 0.2) is 0 Å². The zero-order valence-corrected chi connectivity index (χ0v) is 11.9. The van der Waals surface area contributed by atoms with Gasteiger partial charge in [0, 0.05) is 25.2 Å². The van der Waals surface area contributed by atoms with E-state index in [2.05, 4.69) is 31.9 Å². The van der Waals surface area contributed by atoms with Crippen molar-refractivity contribution in [3.63, 3.8) is 0 Å². The predicted molar refractivity (Wildman–Crippen MR) is 74.8 cm³/mol. The summed E-state index contributed by atoms with van der Waals surface area (Å²) in [6, 6.07) is 1.36. The molecular formula is C14H25N5. The zero-order valence-electron chi connectivity index (χ0n) is 11.9. The van der Waals surface area contributed by atoms with Crippen LogP contribution in [-0.4, -0.2) is 44.8 Å². The molecule has 0 bridgehead atoms. The van der Waals surface area contributed by atoms with Crippen LogP contribution < -0.4 is 5.32 Å². The Kier molecular flexibility index (Phi) is 4.13. The van der Waals surface area contributed by atoms with Crippen LogP contribution in [0.4, 0.5) is 0 Å². The van der Waals surface area contributed by atoms with Crippen molar-refractivity contribution >= 4 is 0 Å². The minimum atomic E-state index is 0.670. The average Bonchev–Trinajstić information content (AvgIpc) is 2.92. The molecule has 1 aliphatic carbocycles. The summed E-state index contributed by atoms with van der Waals surface area (Å²) < 4.78 is 2.19. The lowest BCUT2D eigenvalue weighted by molar-refractivity contribution is 0.0929. The van der Waals surface area contributed by atoms with Crippen molar-refractivity contribution in [3.8, 4) is 0 Å². The molecule has 1 saturated carbocycles. The summed E-state index contributed by atoms with van der Waals surface area (Å²) >= 11 is 0. The minimum Gasteiger partial charge on any atom is -0.315 e. The molecule has 0 aromatic carbocycles. The average molecular weight is 263 g/mol. The Labute approximate surface area is 115 Å². The highest BCUT2D eigenvalue weighted by Gasteiger charge is 2.32. The monoisotopic (exact) mass is 263 g/mol. The fourth-order valence-electron chi connectivity index (χ4n) is 3.48. The topological polar surface area (TPSA) is 46.0 Å². The van der Waals surface area contributed by atoms with Gasteiger partial charge in [-0.2, -0.15) is 0 Å². The third-order valence-corrected chi connectivity index (χ3v) is 4.52. The van der Waals surface area contributed by atoms with Gasteiger partial charge in [-0.15, -0.1) is 10.2 Å². The Morgan fingerprint density at radius 1 is 1.32 bits per heavy atom. The maximum atomic E-state index is 4.24. The van der Waals surface area contributed by atoms with Crippen molar-refractivity contribution in [1.82, 2.24) is 25.0 Å². The Hall–Kier alpha value is -0.940. The summed E-state index contributed by atoms with van der Waals surface area (Å²) in [5.41, 5.74) is 0. The molecule has 2 unspecified atom stereocenters. The number of hydrogen-bond acceptors (Lipinski definition) is 4. The highest BCUT2D eigenvalue weighted by molar-refractivity contribution is 4.95. The van der Waals surface area contributed by atoms with Gasteiger partial charge >= 0.3 is 0 Å². The van der Waals surface area contributed by atoms with E-state index >= 15 is 0 Å². The van der Waals surface area contributed by atoms with Gasteiger partial charge in [0.1, 0.15) is 12.2 Å². The van der Waals surface area contributed by atoms with Gasteiger partial charge in [-0.05, 0) is 25.8 Å². The molecule has 2 aliphatic rings. The van der Waals surface area contributed by atoms with E-state index in [4.69, 9.17) is 0 Å². The molecule has 1 N–H and O–H groups in total. The number of nitrogens with zero attached hydrogens (tertiary/aromatic N) is 4. The molecule has 0 amide bonds. The van der Waals surface area contributed by atoms with E-state index in [1.165, 1.54) is 32.1 Å². The molecule has 0 radical (unpaired) electrons. The van der Waals surface area contributed by atoms with Crippen molar-refractivity contribution in [2.24, 2.45) is 0 Å². The second-order valence-corrected chi connectivity index (χ2v) is 5.82. The van der Waals surface area contributed by atoms with Crippen LogP contribution in [0.5, 0.6) is 0 Å². The molecule has 2 heterocycles. The second-order valence-electron chi connectivity index (χ2n) is 5.82. The smallest absolute Gasteiger partial charge is 0.147 e. The number of hydrogen-bond donors (Lipinski definition) is 1. The van der Waals surface area contributed by atoms with Crippen LogP contribution in [0, 0.1) is 0 Å². The van der Waals surface area contributed by atoms with Crippen molar-refractivity contribution < 1.29 is 0 Å². The molecule has 1 aromatic heterocycles. The standard InChI is InChI=1S/C14H25N5/c1-2-7-15-12-5-3-4-6-13(12)18-8-9-19-11-16-17-14(19)10-18/h11-13,15H,2-10H2,1H3. The van der Waals surface area contributed by atoms with Gasteiger partial charge in [0.05, 0.1) is 6.54 Å². The first-order chi connectivity index (χ1) is 9.38. The van der Waals surface area contributed by atoms with E-state index in [-0.39, 0.29) is 0 Å². The lowest BCUT2D eigenvalue weighted by Gasteiger charge is -2.42. The molecule has 5 nitrogen and oxygen atoms in total. The van der Waals surface area contributed by atoms with E-state index in [0.29, 0.717) is 12.1 Å². The zero-order chi connectivity index (χ0) is 13.1. The number of fused-ring (bicyclic) bond motifs is 1. The maximum absolute atomic E-state index is 4.24. The molecule has 1 aliphatic heterocycles. The third-order valence-electron chi connectivity index (χ3n) is 4.52. The Morgan fingerprint density at radius 3 is 3.11 bits per heavy atom. The molecule has 3 rings (SSSR count). The SMILES string of the molecule is CCCNC1CCCCC1N1CCn2cnnc2C1. The first kappa shape index (κ1) is 13.1. The fraction of sp³-hybridized carbons (Fsp3) is 0.857. The molecule has 106 valence electrons. The largest absolute Gasteiger partial charge is 0.315 e. The Balaban J connectivity index is 1.66. The summed E-state index contributed by atoms with van der Waals surface area (Å²) in [6.07, 6.45) is 8.49. The summed E-state index contributed by atoms with van der Waals surface area (Å²) in [5, 5.41) is 12.0. The van der Waals surface area contributed by atoms with E-state index in [1.54, 1.807) is 0 Å². The lowest BCUT2D eigenvalue weighted by atomic mass is 9.88. The summed E-state index contributed by atoms with van der Waals surface area (Å²) in [4.78, 5) is 2.62. The van der Waals surface area contributed by atoms with Gasteiger partial charge in [-0.25, -0.2) is 0 Å². The predicted octanol–water partition coefficient (Wildman–Crippen LogP) is 1.40. The normalized spacial score (nSPS) is 28.3. The molecule has 0 saturated heterocycles. The van der Waals surface area contributed by atoms with Crippen molar-refractivity contribution in [2.75, 3.05) is 13.1 Å². The van der Waals surface area contributed by atoms with Crippen LogP contribution in [0.1, 0.15) is 44.9 Å². The van der Waals surface area contributed by atoms with Gasteiger partial charge in [-0.3, -0.25) is 4.90 Å². The summed E-state index contributed by atoms with van der Waals surface area (Å²) in [7, 11) is 0. The van der Waals surface area contributed by atoms with Crippen molar-refractivity contribution in [3.05, 3.63) is 12.2 Å². The summed E-state index contributed by atoms with van der Waals surface area (Å²) in [5.74, 6) is 1.13. The maximum Gasteiger partial charge on any atom is 0.147 e. The molecule has 0 spiro atoms. The highest BCUT2D eigenvalue weighted by atomic mass is 15.3. The number of nitrogens with one attached hydrogen (secondary N) is 1. The quantitative estimate of drug-likeness (QED) is 0.892. The summed E-state index contributed by atoms with van der Waals surface area (Å²) in [6.45, 7) is 6.54. The van der Waals surface area contributed by atoms with E-state index in [9.17, 15) is 0 Å². The molecule has 19 heavy (non-hydrogen) atoms. The molecular weight excluding hydrogens is 238 g/mol. The second kappa shape index (κ2) is 6.01. The minimum absolute atomic E-state index is 0.670.